The Hall–Kier alpha value is -0.290. The lowest BCUT2D eigenvalue weighted by atomic mass is 9.79. The molecule has 0 spiro atoms. The van der Waals surface area contributed by atoms with Crippen LogP contribution in [0.4, 0.5) is 0 Å². The van der Waals surface area contributed by atoms with Crippen molar-refractivity contribution in [3.63, 3.8) is 0 Å². The molecule has 1 N–H and O–H groups in total. The number of nitrogens with zero attached hydrogens (tertiary/aromatic N) is 1. The van der Waals surface area contributed by atoms with E-state index in [9.17, 15) is 9.70 Å². The summed E-state index contributed by atoms with van der Waals surface area (Å²) in [7, 11) is 1.57. The normalized spacial score (nSPS) is 15.5. The maximum Gasteiger partial charge on any atom is 0.224 e. The molecule has 0 fully saturated rings. The van der Waals surface area contributed by atoms with E-state index in [1.165, 1.54) is 0 Å². The van der Waals surface area contributed by atoms with E-state index in [0.29, 0.717) is 5.75 Å². The van der Waals surface area contributed by atoms with E-state index in [4.69, 9.17) is 11.6 Å². The van der Waals surface area contributed by atoms with Gasteiger partial charge in [0.1, 0.15) is 0 Å². The van der Waals surface area contributed by atoms with Gasteiger partial charge in [0.15, 0.2) is 5.50 Å². The van der Waals surface area contributed by atoms with Crippen LogP contribution in [0.3, 0.4) is 0 Å². The van der Waals surface area contributed by atoms with Crippen molar-refractivity contribution in [2.75, 3.05) is 19.1 Å². The lowest BCUT2D eigenvalue weighted by molar-refractivity contribution is -0.127. The molecule has 88 valence electrons. The van der Waals surface area contributed by atoms with Crippen molar-refractivity contribution in [2.24, 2.45) is 16.5 Å². The molecule has 0 aliphatic carbocycles. The number of carbonyl (C=O) groups excluding carboxylic acids is 1. The smallest absolute Gasteiger partial charge is 0.224 e. The fourth-order valence-electron chi connectivity index (χ4n) is 1.27. The SMILES string of the molecule is CNC(=O)C(CSC)C(C)(C)C(Cl)N=O. The first kappa shape index (κ1) is 14.7. The average Bonchev–Trinajstić information content (AvgIpc) is 2.23. The molecule has 0 aromatic heterocycles. The van der Waals surface area contributed by atoms with Crippen molar-refractivity contribution >= 4 is 29.3 Å². The Morgan fingerprint density at radius 1 is 1.60 bits per heavy atom. The second kappa shape index (κ2) is 6.33. The van der Waals surface area contributed by atoms with Crippen molar-refractivity contribution < 1.29 is 4.79 Å². The van der Waals surface area contributed by atoms with E-state index in [1.54, 1.807) is 32.7 Å². The van der Waals surface area contributed by atoms with Gasteiger partial charge in [-0.15, -0.1) is 4.91 Å². The molecule has 0 bridgehead atoms. The summed E-state index contributed by atoms with van der Waals surface area (Å²) in [4.78, 5) is 22.1. The predicted molar refractivity (Wildman–Crippen MR) is 65.2 cm³/mol. The van der Waals surface area contributed by atoms with Gasteiger partial charge in [0.05, 0.1) is 5.92 Å². The molecule has 2 atom stereocenters. The van der Waals surface area contributed by atoms with E-state index in [-0.39, 0.29) is 11.8 Å². The Morgan fingerprint density at radius 2 is 2.13 bits per heavy atom. The predicted octanol–water partition coefficient (Wildman–Crippen LogP) is 2.07. The monoisotopic (exact) mass is 252 g/mol. The molecule has 6 heteroatoms. The van der Waals surface area contributed by atoms with Crippen LogP contribution in [0.1, 0.15) is 13.8 Å². The number of hydrogen-bond donors (Lipinski definition) is 1. The molecule has 2 unspecified atom stereocenters. The van der Waals surface area contributed by atoms with E-state index in [2.05, 4.69) is 10.5 Å². The summed E-state index contributed by atoms with van der Waals surface area (Å²) in [5, 5.41) is 5.39. The molecular weight excluding hydrogens is 236 g/mol. The standard InChI is InChI=1S/C9H17ClN2O2S/c1-9(2,8(10)12-14)6(5-15-4)7(13)11-3/h6,8H,5H2,1-4H3,(H,11,13). The Balaban J connectivity index is 4.87. The highest BCUT2D eigenvalue weighted by molar-refractivity contribution is 7.98. The molecule has 0 saturated heterocycles. The van der Waals surface area contributed by atoms with Crippen molar-refractivity contribution in [1.29, 1.82) is 0 Å². The van der Waals surface area contributed by atoms with Crippen LogP contribution in [0.25, 0.3) is 0 Å². The van der Waals surface area contributed by atoms with Gasteiger partial charge < -0.3 is 5.32 Å². The summed E-state index contributed by atoms with van der Waals surface area (Å²) in [5.41, 5.74) is -1.54. The van der Waals surface area contributed by atoms with Crippen molar-refractivity contribution in [3.8, 4) is 0 Å². The molecule has 0 radical (unpaired) electrons. The zero-order valence-corrected chi connectivity index (χ0v) is 11.0. The van der Waals surface area contributed by atoms with Crippen LogP contribution < -0.4 is 5.32 Å². The van der Waals surface area contributed by atoms with Crippen LogP contribution >= 0.6 is 23.4 Å². The topological polar surface area (TPSA) is 58.5 Å². The number of halogens is 1. The van der Waals surface area contributed by atoms with Gasteiger partial charge in [-0.05, 0) is 11.4 Å². The van der Waals surface area contributed by atoms with Gasteiger partial charge in [0.25, 0.3) is 0 Å². The van der Waals surface area contributed by atoms with Crippen LogP contribution in [0.5, 0.6) is 0 Å². The zero-order valence-electron chi connectivity index (χ0n) is 9.41. The second-order valence-electron chi connectivity index (χ2n) is 3.88. The number of thioether (sulfide) groups is 1. The molecule has 1 amide bonds. The third-order valence-corrected chi connectivity index (χ3v) is 3.81. The quantitative estimate of drug-likeness (QED) is 0.447. The molecule has 0 aliphatic rings. The van der Waals surface area contributed by atoms with E-state index >= 15 is 0 Å². The molecule has 0 rings (SSSR count). The van der Waals surface area contributed by atoms with Crippen molar-refractivity contribution in [1.82, 2.24) is 5.32 Å². The minimum atomic E-state index is -0.896. The van der Waals surface area contributed by atoms with Gasteiger partial charge in [0.2, 0.25) is 5.91 Å². The molecule has 4 nitrogen and oxygen atoms in total. The number of nitrogens with one attached hydrogen (secondary N) is 1. The third-order valence-electron chi connectivity index (χ3n) is 2.50. The van der Waals surface area contributed by atoms with Gasteiger partial charge in [0, 0.05) is 18.2 Å². The van der Waals surface area contributed by atoms with E-state index in [0.717, 1.165) is 0 Å². The number of amides is 1. The van der Waals surface area contributed by atoms with Crippen LogP contribution in [-0.2, 0) is 4.79 Å². The number of hydrogen-bond acceptors (Lipinski definition) is 4. The summed E-state index contributed by atoms with van der Waals surface area (Å²) < 4.78 is 0. The lowest BCUT2D eigenvalue weighted by Crippen LogP contribution is -2.43. The molecule has 0 saturated carbocycles. The summed E-state index contributed by atoms with van der Waals surface area (Å²) in [5.74, 6) is 0.187. The third kappa shape index (κ3) is 3.65. The Kier molecular flexibility index (Phi) is 6.20. The second-order valence-corrected chi connectivity index (χ2v) is 5.21. The lowest BCUT2D eigenvalue weighted by Gasteiger charge is -2.33. The average molecular weight is 253 g/mol. The Morgan fingerprint density at radius 3 is 2.47 bits per heavy atom. The fourth-order valence-corrected chi connectivity index (χ4v) is 2.34. The van der Waals surface area contributed by atoms with Gasteiger partial charge in [-0.25, -0.2) is 0 Å². The maximum atomic E-state index is 11.6. The Labute approximate surface area is 99.5 Å². The van der Waals surface area contributed by atoms with Crippen LogP contribution in [0.2, 0.25) is 0 Å². The highest BCUT2D eigenvalue weighted by Crippen LogP contribution is 2.36. The highest BCUT2D eigenvalue weighted by atomic mass is 35.5. The number of carbonyl (C=O) groups is 1. The van der Waals surface area contributed by atoms with E-state index in [1.807, 2.05) is 6.26 Å². The molecule has 0 aliphatic heterocycles. The first-order valence-electron chi connectivity index (χ1n) is 4.58. The summed E-state index contributed by atoms with van der Waals surface area (Å²) in [6.07, 6.45) is 1.91. The summed E-state index contributed by atoms with van der Waals surface area (Å²) in [6.45, 7) is 3.56. The maximum absolute atomic E-state index is 11.6. The van der Waals surface area contributed by atoms with Crippen LogP contribution in [0.15, 0.2) is 5.18 Å². The molecule has 0 aromatic rings. The van der Waals surface area contributed by atoms with Gasteiger partial charge in [-0.2, -0.15) is 11.8 Å². The highest BCUT2D eigenvalue weighted by Gasteiger charge is 2.41. The van der Waals surface area contributed by atoms with Crippen molar-refractivity contribution in [2.45, 2.75) is 19.3 Å². The van der Waals surface area contributed by atoms with Gasteiger partial charge in [-0.1, -0.05) is 25.4 Å². The van der Waals surface area contributed by atoms with Crippen molar-refractivity contribution in [3.05, 3.63) is 4.91 Å². The molecule has 15 heavy (non-hydrogen) atoms. The first-order chi connectivity index (χ1) is 6.91. The molecular formula is C9H17ClN2O2S. The molecule has 0 heterocycles. The number of alkyl halides is 1. The molecule has 0 aromatic carbocycles. The fraction of sp³-hybridized carbons (Fsp3) is 0.889. The Bertz CT molecular complexity index is 236. The summed E-state index contributed by atoms with van der Waals surface area (Å²) >= 11 is 7.37. The number of rotatable bonds is 6. The minimum absolute atomic E-state index is 0.108. The zero-order chi connectivity index (χ0) is 12.1. The van der Waals surface area contributed by atoms with Gasteiger partial charge >= 0.3 is 0 Å². The van der Waals surface area contributed by atoms with Gasteiger partial charge in [-0.3, -0.25) is 4.79 Å². The first-order valence-corrected chi connectivity index (χ1v) is 6.41. The minimum Gasteiger partial charge on any atom is -0.359 e. The number of nitroso groups, excluding NO2 is 1. The van der Waals surface area contributed by atoms with E-state index < -0.39 is 10.9 Å². The van der Waals surface area contributed by atoms with Crippen LogP contribution in [0, 0.1) is 16.2 Å². The largest absolute Gasteiger partial charge is 0.359 e. The summed E-state index contributed by atoms with van der Waals surface area (Å²) in [6, 6.07) is 0. The van der Waals surface area contributed by atoms with Crippen LogP contribution in [-0.4, -0.2) is 30.5 Å².